The van der Waals surface area contributed by atoms with Crippen molar-refractivity contribution in [3.05, 3.63) is 94.9 Å². The number of hydrogen-bond donors (Lipinski definition) is 1. The zero-order valence-corrected chi connectivity index (χ0v) is 27.4. The van der Waals surface area contributed by atoms with Gasteiger partial charge in [0.1, 0.15) is 12.1 Å². The topological polar surface area (TPSA) is 84.6 Å². The summed E-state index contributed by atoms with van der Waals surface area (Å²) in [5.74, 6) is 1.07. The number of benzene rings is 3. The van der Waals surface area contributed by atoms with Gasteiger partial charge in [-0.3, -0.25) is 0 Å². The summed E-state index contributed by atoms with van der Waals surface area (Å²) in [4.78, 5) is 24.5. The van der Waals surface area contributed by atoms with E-state index in [9.17, 15) is 18.0 Å². The van der Waals surface area contributed by atoms with Crippen molar-refractivity contribution in [3.8, 4) is 22.8 Å². The highest BCUT2D eigenvalue weighted by molar-refractivity contribution is 8.14. The zero-order chi connectivity index (χ0) is 33.3. The molecule has 4 aromatic rings. The lowest BCUT2D eigenvalue weighted by molar-refractivity contribution is -0.274. The minimum Gasteiger partial charge on any atom is -0.406 e. The number of nitrogens with zero attached hydrogens (tertiary/aromatic N) is 5. The number of allylic oxidation sites excluding steroid dienone is 2. The average Bonchev–Trinajstić information content (AvgIpc) is 3.68. The molecule has 2 aliphatic rings. The van der Waals surface area contributed by atoms with E-state index in [1.807, 2.05) is 24.3 Å². The normalized spacial score (nSPS) is 17.8. The third kappa shape index (κ3) is 7.38. The number of aromatic nitrogens is 3. The molecule has 1 fully saturated rings. The van der Waals surface area contributed by atoms with Crippen LogP contribution in [0.5, 0.6) is 5.75 Å². The van der Waals surface area contributed by atoms with Gasteiger partial charge in [0.25, 0.3) is 0 Å². The molecule has 6 rings (SSSR count). The fourth-order valence-corrected chi connectivity index (χ4v) is 7.45. The van der Waals surface area contributed by atoms with Crippen molar-refractivity contribution in [2.45, 2.75) is 65.8 Å². The van der Waals surface area contributed by atoms with E-state index in [-0.39, 0.29) is 17.8 Å². The van der Waals surface area contributed by atoms with E-state index in [0.717, 1.165) is 64.7 Å². The van der Waals surface area contributed by atoms with Gasteiger partial charge in [-0.2, -0.15) is 4.99 Å². The van der Waals surface area contributed by atoms with Crippen molar-refractivity contribution < 1.29 is 22.7 Å². The third-order valence-corrected chi connectivity index (χ3v) is 9.27. The van der Waals surface area contributed by atoms with Gasteiger partial charge in [0.15, 0.2) is 11.0 Å². The second kappa shape index (κ2) is 13.3. The summed E-state index contributed by atoms with van der Waals surface area (Å²) in [5.41, 5.74) is 8.97. The number of carbonyl (C=O) groups is 1. The molecule has 0 spiro atoms. The molecule has 244 valence electrons. The van der Waals surface area contributed by atoms with Crippen LogP contribution in [0.3, 0.4) is 0 Å². The van der Waals surface area contributed by atoms with Gasteiger partial charge in [0.05, 0.1) is 5.69 Å². The lowest BCUT2D eigenvalue weighted by atomic mass is 10.0. The van der Waals surface area contributed by atoms with Crippen molar-refractivity contribution in [2.24, 2.45) is 4.99 Å². The molecule has 1 aliphatic heterocycles. The monoisotopic (exact) mass is 660 g/mol. The highest BCUT2D eigenvalue weighted by Gasteiger charge is 2.31. The number of thioether (sulfide) groups is 1. The SMILES string of the molecule is Cc1cc(C)c(N2C(=NC(=O)NC3=C(c4ccc(-c5ncn(-c6ccc(OC(F)(F)F)cc6)n5)cc4)CCC3)SCCC2C)c(C)c1. The van der Waals surface area contributed by atoms with Gasteiger partial charge in [-0.1, -0.05) is 53.7 Å². The molecule has 1 aromatic heterocycles. The second-order valence-corrected chi connectivity index (χ2v) is 12.9. The maximum absolute atomic E-state index is 13.3. The van der Waals surface area contributed by atoms with Crippen LogP contribution in [0.25, 0.3) is 22.6 Å². The van der Waals surface area contributed by atoms with E-state index in [1.165, 1.54) is 52.0 Å². The summed E-state index contributed by atoms with van der Waals surface area (Å²) in [6.45, 7) is 8.50. The van der Waals surface area contributed by atoms with Gasteiger partial charge in [0, 0.05) is 28.7 Å². The van der Waals surface area contributed by atoms with E-state index < -0.39 is 6.36 Å². The number of urea groups is 1. The van der Waals surface area contributed by atoms with Crippen molar-refractivity contribution in [3.63, 3.8) is 0 Å². The molecular weight excluding hydrogens is 625 g/mol. The first-order valence-corrected chi connectivity index (χ1v) is 16.4. The van der Waals surface area contributed by atoms with Crippen LogP contribution in [0.4, 0.5) is 23.7 Å². The summed E-state index contributed by atoms with van der Waals surface area (Å²) in [7, 11) is 0. The van der Waals surface area contributed by atoms with Gasteiger partial charge in [-0.25, -0.2) is 14.5 Å². The molecule has 2 heterocycles. The van der Waals surface area contributed by atoms with Crippen LogP contribution in [-0.4, -0.2) is 44.1 Å². The Bertz CT molecular complexity index is 1830. The fraction of sp³-hybridized carbons (Fsp3) is 0.314. The summed E-state index contributed by atoms with van der Waals surface area (Å²) in [5, 5.41) is 8.31. The number of carbonyl (C=O) groups excluding carboxylic acids is 1. The Morgan fingerprint density at radius 1 is 1.00 bits per heavy atom. The number of aryl methyl sites for hydroxylation is 3. The quantitative estimate of drug-likeness (QED) is 0.223. The molecule has 1 saturated heterocycles. The lowest BCUT2D eigenvalue weighted by Crippen LogP contribution is -2.43. The predicted molar refractivity (Wildman–Crippen MR) is 180 cm³/mol. The number of nitrogens with one attached hydrogen (secondary N) is 1. The lowest BCUT2D eigenvalue weighted by Gasteiger charge is -2.37. The number of amidine groups is 1. The number of anilines is 1. The molecule has 1 N–H and O–H groups in total. The number of aliphatic imine (C=N–C) groups is 1. The Morgan fingerprint density at radius 2 is 1.68 bits per heavy atom. The zero-order valence-electron chi connectivity index (χ0n) is 26.6. The van der Waals surface area contributed by atoms with E-state index in [0.29, 0.717) is 11.5 Å². The third-order valence-electron chi connectivity index (χ3n) is 8.28. The molecule has 1 unspecified atom stereocenters. The molecule has 8 nitrogen and oxygen atoms in total. The van der Waals surface area contributed by atoms with E-state index in [4.69, 9.17) is 0 Å². The molecule has 0 bridgehead atoms. The van der Waals surface area contributed by atoms with Crippen molar-refractivity contribution in [1.29, 1.82) is 0 Å². The van der Waals surface area contributed by atoms with E-state index in [2.05, 4.69) is 69.9 Å². The number of halogens is 3. The molecule has 47 heavy (non-hydrogen) atoms. The molecular formula is C35H35F3N6O2S. The van der Waals surface area contributed by atoms with Crippen molar-refractivity contribution in [2.75, 3.05) is 10.7 Å². The van der Waals surface area contributed by atoms with Crippen molar-refractivity contribution in [1.82, 2.24) is 20.1 Å². The summed E-state index contributed by atoms with van der Waals surface area (Å²) >= 11 is 1.62. The molecule has 3 aromatic carbocycles. The molecule has 1 atom stereocenters. The Labute approximate surface area is 275 Å². The van der Waals surface area contributed by atoms with E-state index in [1.54, 1.807) is 11.8 Å². The number of amides is 2. The van der Waals surface area contributed by atoms with Crippen LogP contribution >= 0.6 is 11.8 Å². The molecule has 2 amide bonds. The maximum atomic E-state index is 13.3. The Kier molecular flexibility index (Phi) is 9.14. The number of rotatable bonds is 6. The first-order valence-electron chi connectivity index (χ1n) is 15.5. The van der Waals surface area contributed by atoms with Crippen LogP contribution in [0.1, 0.15) is 54.9 Å². The number of alkyl halides is 3. The first kappa shape index (κ1) is 32.4. The summed E-state index contributed by atoms with van der Waals surface area (Å²) in [6.07, 6.45) is 0.293. The van der Waals surface area contributed by atoms with Crippen LogP contribution in [0, 0.1) is 20.8 Å². The van der Waals surface area contributed by atoms with Gasteiger partial charge >= 0.3 is 12.4 Å². The number of ether oxygens (including phenoxy) is 1. The van der Waals surface area contributed by atoms with Gasteiger partial charge < -0.3 is 15.0 Å². The van der Waals surface area contributed by atoms with Crippen LogP contribution in [0.15, 0.2) is 77.7 Å². The maximum Gasteiger partial charge on any atom is 0.573 e. The Balaban J connectivity index is 1.17. The standard InChI is InChI=1S/C35H35F3N6O2S/c1-21-18-22(2)31(23(3)19-21)44-24(4)16-17-47-34(44)41-33(45)40-30-7-5-6-29(30)25-8-10-26(11-9-25)32-39-20-43(42-32)27-12-14-28(15-13-27)46-35(36,37)38/h8-15,18-20,24H,5-7,16-17H2,1-4H3,(H,40,45). The van der Waals surface area contributed by atoms with Crippen LogP contribution in [0.2, 0.25) is 0 Å². The predicted octanol–water partition coefficient (Wildman–Crippen LogP) is 8.75. The van der Waals surface area contributed by atoms with Gasteiger partial charge in [0.2, 0.25) is 0 Å². The minimum absolute atomic E-state index is 0.224. The van der Waals surface area contributed by atoms with Crippen LogP contribution in [-0.2, 0) is 0 Å². The van der Waals surface area contributed by atoms with Gasteiger partial charge in [-0.05, 0) is 99.9 Å². The number of hydrogen-bond acceptors (Lipinski definition) is 5. The minimum atomic E-state index is -4.75. The summed E-state index contributed by atoms with van der Waals surface area (Å²) < 4.78 is 42.9. The van der Waals surface area contributed by atoms with E-state index >= 15 is 0 Å². The highest BCUT2D eigenvalue weighted by Crippen LogP contribution is 2.36. The van der Waals surface area contributed by atoms with Crippen molar-refractivity contribution >= 4 is 34.2 Å². The largest absolute Gasteiger partial charge is 0.573 e. The average molecular weight is 661 g/mol. The molecule has 1 aliphatic carbocycles. The second-order valence-electron chi connectivity index (χ2n) is 11.9. The Morgan fingerprint density at radius 3 is 2.36 bits per heavy atom. The first-order chi connectivity index (χ1) is 22.4. The van der Waals surface area contributed by atoms with Gasteiger partial charge in [-0.15, -0.1) is 18.3 Å². The highest BCUT2D eigenvalue weighted by atomic mass is 32.2. The molecule has 0 saturated carbocycles. The Hall–Kier alpha value is -4.58. The fourth-order valence-electron chi connectivity index (χ4n) is 6.25. The van der Waals surface area contributed by atoms with Crippen LogP contribution < -0.4 is 15.0 Å². The molecule has 0 radical (unpaired) electrons. The summed E-state index contributed by atoms with van der Waals surface area (Å²) in [6, 6.07) is 17.4. The molecule has 12 heteroatoms. The smallest absolute Gasteiger partial charge is 0.406 e.